The number of allylic oxidation sites excluding steroid dienone is 4. The highest BCUT2D eigenvalue weighted by Crippen LogP contribution is 2.23. The van der Waals surface area contributed by atoms with E-state index in [0.717, 1.165) is 23.5 Å². The predicted octanol–water partition coefficient (Wildman–Crippen LogP) is 3.55. The summed E-state index contributed by atoms with van der Waals surface area (Å²) in [4.78, 5) is 24.9. The smallest absolute Gasteiger partial charge is 0.227 e. The average Bonchev–Trinajstić information content (AvgIpc) is 3.09. The van der Waals surface area contributed by atoms with E-state index in [-0.39, 0.29) is 24.8 Å². The predicted molar refractivity (Wildman–Crippen MR) is 95.8 cm³/mol. The minimum Gasteiger partial charge on any atom is -0.516 e. The summed E-state index contributed by atoms with van der Waals surface area (Å²) in [6.07, 6.45) is 7.07. The maximum Gasteiger partial charge on any atom is 0.227 e. The van der Waals surface area contributed by atoms with E-state index in [1.807, 2.05) is 0 Å². The Labute approximate surface area is 151 Å². The lowest BCUT2D eigenvalue weighted by atomic mass is 10.1. The van der Waals surface area contributed by atoms with Gasteiger partial charge in [-0.05, 0) is 35.8 Å². The fourth-order valence-electron chi connectivity index (χ4n) is 2.87. The third kappa shape index (κ3) is 5.37. The summed E-state index contributed by atoms with van der Waals surface area (Å²) in [5.74, 6) is -0.984. The van der Waals surface area contributed by atoms with Crippen LogP contribution in [-0.2, 0) is 16.0 Å². The molecule has 0 radical (unpaired) electrons. The monoisotopic (exact) mass is 361 g/mol. The molecule has 2 unspecified atom stereocenters. The average molecular weight is 361 g/mol. The van der Waals surface area contributed by atoms with Crippen LogP contribution in [0.15, 0.2) is 54.6 Å². The molecule has 1 aromatic carbocycles. The van der Waals surface area contributed by atoms with E-state index in [1.165, 1.54) is 17.1 Å². The second-order valence-corrected chi connectivity index (χ2v) is 6.15. The number of rotatable bonds is 7. The lowest BCUT2D eigenvalue weighted by Gasteiger charge is -2.20. The van der Waals surface area contributed by atoms with Crippen LogP contribution in [0, 0.1) is 5.92 Å². The van der Waals surface area contributed by atoms with E-state index >= 15 is 0 Å². The number of aliphatic hydroxyl groups is 1. The summed E-state index contributed by atoms with van der Waals surface area (Å²) >= 11 is 0. The van der Waals surface area contributed by atoms with E-state index < -0.39 is 18.5 Å². The van der Waals surface area contributed by atoms with Gasteiger partial charge in [0.05, 0.1) is 25.4 Å². The molecule has 1 aromatic rings. The van der Waals surface area contributed by atoms with Crippen molar-refractivity contribution in [1.82, 2.24) is 4.90 Å². The van der Waals surface area contributed by atoms with Crippen LogP contribution in [0.5, 0.6) is 0 Å². The van der Waals surface area contributed by atoms with Crippen LogP contribution in [-0.4, -0.2) is 41.5 Å². The van der Waals surface area contributed by atoms with Gasteiger partial charge in [-0.2, -0.15) is 0 Å². The van der Waals surface area contributed by atoms with E-state index in [1.54, 1.807) is 30.3 Å². The molecule has 1 N–H and O–H groups in total. The SMILES string of the molecule is O=CC1CC(CF)CN1C(=O)Cc1ccc(\C=C/C(F)=C\C=C\O)cc1. The van der Waals surface area contributed by atoms with Crippen LogP contribution in [0.1, 0.15) is 17.5 Å². The summed E-state index contributed by atoms with van der Waals surface area (Å²) in [5, 5.41) is 8.46. The zero-order valence-electron chi connectivity index (χ0n) is 14.2. The van der Waals surface area contributed by atoms with Gasteiger partial charge in [-0.25, -0.2) is 4.39 Å². The van der Waals surface area contributed by atoms with Crippen molar-refractivity contribution in [1.29, 1.82) is 0 Å². The number of aldehydes is 1. The number of likely N-dealkylation sites (tertiary alicyclic amines) is 1. The number of carbonyl (C=O) groups is 2. The third-order valence-corrected chi connectivity index (χ3v) is 4.24. The number of carbonyl (C=O) groups excluding carboxylic acids is 2. The second-order valence-electron chi connectivity index (χ2n) is 6.15. The molecule has 138 valence electrons. The molecular formula is C20H21F2NO3. The molecule has 2 rings (SSSR count). The fourth-order valence-corrected chi connectivity index (χ4v) is 2.87. The maximum absolute atomic E-state index is 13.3. The highest BCUT2D eigenvalue weighted by molar-refractivity contribution is 5.82. The summed E-state index contributed by atoms with van der Waals surface area (Å²) in [7, 11) is 0. The van der Waals surface area contributed by atoms with Gasteiger partial charge in [0.25, 0.3) is 0 Å². The van der Waals surface area contributed by atoms with Crippen molar-refractivity contribution in [3.8, 4) is 0 Å². The van der Waals surface area contributed by atoms with Crippen LogP contribution >= 0.6 is 0 Å². The van der Waals surface area contributed by atoms with Gasteiger partial charge >= 0.3 is 0 Å². The van der Waals surface area contributed by atoms with Gasteiger partial charge in [-0.3, -0.25) is 9.18 Å². The lowest BCUT2D eigenvalue weighted by molar-refractivity contribution is -0.133. The molecule has 1 aliphatic rings. The Morgan fingerprint density at radius 2 is 2.04 bits per heavy atom. The molecule has 4 nitrogen and oxygen atoms in total. The molecule has 0 bridgehead atoms. The third-order valence-electron chi connectivity index (χ3n) is 4.24. The first-order chi connectivity index (χ1) is 12.6. The number of aliphatic hydroxyl groups excluding tert-OH is 1. The fraction of sp³-hybridized carbons (Fsp3) is 0.300. The Morgan fingerprint density at radius 3 is 2.65 bits per heavy atom. The summed E-state index contributed by atoms with van der Waals surface area (Å²) in [6, 6.07) is 6.46. The van der Waals surface area contributed by atoms with Crippen molar-refractivity contribution in [3.63, 3.8) is 0 Å². The Balaban J connectivity index is 1.97. The molecule has 1 heterocycles. The lowest BCUT2D eigenvalue weighted by Crippen LogP contribution is -2.37. The quantitative estimate of drug-likeness (QED) is 0.459. The highest BCUT2D eigenvalue weighted by Gasteiger charge is 2.34. The molecule has 6 heteroatoms. The molecule has 1 saturated heterocycles. The van der Waals surface area contributed by atoms with Crippen LogP contribution in [0.4, 0.5) is 8.78 Å². The van der Waals surface area contributed by atoms with Gasteiger partial charge in [0.2, 0.25) is 5.91 Å². The zero-order valence-corrected chi connectivity index (χ0v) is 14.2. The first-order valence-electron chi connectivity index (χ1n) is 8.31. The number of nitrogens with zero attached hydrogens (tertiary/aromatic N) is 1. The van der Waals surface area contributed by atoms with Gasteiger partial charge in [0, 0.05) is 12.5 Å². The number of hydrogen-bond acceptors (Lipinski definition) is 3. The first-order valence-corrected chi connectivity index (χ1v) is 8.31. The second kappa shape index (κ2) is 9.65. The van der Waals surface area contributed by atoms with Crippen molar-refractivity contribution >= 4 is 18.3 Å². The summed E-state index contributed by atoms with van der Waals surface area (Å²) in [6.45, 7) is -0.262. The number of benzene rings is 1. The van der Waals surface area contributed by atoms with E-state index in [2.05, 4.69) is 0 Å². The molecule has 1 fully saturated rings. The number of halogens is 2. The van der Waals surface area contributed by atoms with Gasteiger partial charge < -0.3 is 14.8 Å². The summed E-state index contributed by atoms with van der Waals surface area (Å²) in [5.41, 5.74) is 1.52. The van der Waals surface area contributed by atoms with Crippen molar-refractivity contribution in [3.05, 3.63) is 65.7 Å². The number of amides is 1. The van der Waals surface area contributed by atoms with Crippen LogP contribution in [0.3, 0.4) is 0 Å². The van der Waals surface area contributed by atoms with Gasteiger partial charge in [0.1, 0.15) is 12.1 Å². The van der Waals surface area contributed by atoms with Crippen molar-refractivity contribution in [2.45, 2.75) is 18.9 Å². The maximum atomic E-state index is 13.3. The van der Waals surface area contributed by atoms with Crippen LogP contribution in [0.2, 0.25) is 0 Å². The zero-order chi connectivity index (χ0) is 18.9. The van der Waals surface area contributed by atoms with E-state index in [0.29, 0.717) is 12.7 Å². The standard InChI is InChI=1S/C20H21F2NO3/c21-12-17-10-19(14-25)23(13-17)20(26)11-16-5-3-15(4-6-16)7-8-18(22)2-1-9-24/h1-9,14,17,19,24H,10-13H2/b8-7-,9-1+,18-2+. The van der Waals surface area contributed by atoms with Crippen molar-refractivity contribution in [2.75, 3.05) is 13.2 Å². The minimum absolute atomic E-state index is 0.128. The van der Waals surface area contributed by atoms with E-state index in [4.69, 9.17) is 5.11 Å². The Morgan fingerprint density at radius 1 is 1.31 bits per heavy atom. The molecule has 2 atom stereocenters. The minimum atomic E-state index is -0.548. The molecule has 0 aromatic heterocycles. The van der Waals surface area contributed by atoms with Gasteiger partial charge in [-0.1, -0.05) is 30.3 Å². The molecular weight excluding hydrogens is 340 g/mol. The molecule has 26 heavy (non-hydrogen) atoms. The molecule has 1 aliphatic heterocycles. The molecule has 1 amide bonds. The molecule has 0 aliphatic carbocycles. The largest absolute Gasteiger partial charge is 0.516 e. The Kier molecular flexibility index (Phi) is 7.26. The Bertz CT molecular complexity index is 710. The number of hydrogen-bond donors (Lipinski definition) is 1. The summed E-state index contributed by atoms with van der Waals surface area (Å²) < 4.78 is 26.1. The van der Waals surface area contributed by atoms with Crippen molar-refractivity contribution in [2.24, 2.45) is 5.92 Å². The van der Waals surface area contributed by atoms with E-state index in [9.17, 15) is 18.4 Å². The molecule has 0 spiro atoms. The topological polar surface area (TPSA) is 57.6 Å². The Hall–Kier alpha value is -2.76. The molecule has 0 saturated carbocycles. The first kappa shape index (κ1) is 19.6. The van der Waals surface area contributed by atoms with Crippen LogP contribution < -0.4 is 0 Å². The number of alkyl halides is 1. The van der Waals surface area contributed by atoms with Crippen molar-refractivity contribution < 1.29 is 23.5 Å². The normalized spacial score (nSPS) is 21.0. The van der Waals surface area contributed by atoms with Gasteiger partial charge in [0.15, 0.2) is 0 Å². The van der Waals surface area contributed by atoms with Gasteiger partial charge in [-0.15, -0.1) is 0 Å². The van der Waals surface area contributed by atoms with Crippen LogP contribution in [0.25, 0.3) is 6.08 Å². The highest BCUT2D eigenvalue weighted by atomic mass is 19.1.